The van der Waals surface area contributed by atoms with Gasteiger partial charge in [-0.25, -0.2) is 0 Å². The average molecular weight is 348 g/mol. The molecule has 25 heavy (non-hydrogen) atoms. The highest BCUT2D eigenvalue weighted by molar-refractivity contribution is 6.61. The number of benzene rings is 1. The largest absolute Gasteiger partial charge is 0.491 e. The molecule has 0 fully saturated rings. The fourth-order valence-corrected chi connectivity index (χ4v) is 2.47. The summed E-state index contributed by atoms with van der Waals surface area (Å²) in [5, 5.41) is 23.4. The van der Waals surface area contributed by atoms with Gasteiger partial charge in [-0.3, -0.25) is 14.4 Å². The molecule has 9 heteroatoms. The van der Waals surface area contributed by atoms with Gasteiger partial charge in [0.05, 0.1) is 13.0 Å². The SMILES string of the molecule is O=C(O)CCNC(=O)CCCCNC(=O)c1ccc2c(c1)B(O)OC2. The zero-order chi connectivity index (χ0) is 18.2. The molecule has 0 saturated carbocycles. The molecule has 134 valence electrons. The van der Waals surface area contributed by atoms with Crippen molar-refractivity contribution in [3.05, 3.63) is 29.3 Å². The van der Waals surface area contributed by atoms with Gasteiger partial charge in [0.15, 0.2) is 0 Å². The maximum atomic E-state index is 12.1. The van der Waals surface area contributed by atoms with Crippen LogP contribution in [0.2, 0.25) is 0 Å². The molecule has 0 saturated heterocycles. The molecule has 1 heterocycles. The van der Waals surface area contributed by atoms with Crippen LogP contribution in [0.25, 0.3) is 0 Å². The Bertz CT molecular complexity index is 652. The fraction of sp³-hybridized carbons (Fsp3) is 0.438. The maximum Gasteiger partial charge on any atom is 0.491 e. The van der Waals surface area contributed by atoms with Crippen LogP contribution in [-0.4, -0.2) is 48.1 Å². The van der Waals surface area contributed by atoms with Gasteiger partial charge in [0.2, 0.25) is 5.91 Å². The lowest BCUT2D eigenvalue weighted by Crippen LogP contribution is -2.31. The molecule has 0 bridgehead atoms. The molecule has 0 spiro atoms. The Labute approximate surface area is 145 Å². The summed E-state index contributed by atoms with van der Waals surface area (Å²) < 4.78 is 5.09. The number of carboxylic acids is 1. The standard InChI is InChI=1S/C16H21BN2O6/c20-14(18-8-6-15(21)22)3-1-2-7-19-16(23)11-4-5-12-10-25-17(24)13(12)9-11/h4-5,9,24H,1-3,6-8,10H2,(H,18,20)(H,19,23)(H,21,22). The van der Waals surface area contributed by atoms with Crippen LogP contribution in [0.1, 0.15) is 41.6 Å². The van der Waals surface area contributed by atoms with Crippen LogP contribution in [0.4, 0.5) is 0 Å². The van der Waals surface area contributed by atoms with Crippen LogP contribution in [-0.2, 0) is 20.9 Å². The predicted molar refractivity (Wildman–Crippen MR) is 90.3 cm³/mol. The normalized spacial score (nSPS) is 12.6. The van der Waals surface area contributed by atoms with E-state index in [0.29, 0.717) is 37.0 Å². The average Bonchev–Trinajstić information content (AvgIpc) is 2.94. The van der Waals surface area contributed by atoms with Crippen molar-refractivity contribution in [2.75, 3.05) is 13.1 Å². The van der Waals surface area contributed by atoms with Gasteiger partial charge in [0.25, 0.3) is 5.91 Å². The lowest BCUT2D eigenvalue weighted by molar-refractivity contribution is -0.136. The van der Waals surface area contributed by atoms with E-state index >= 15 is 0 Å². The van der Waals surface area contributed by atoms with E-state index in [1.54, 1.807) is 18.2 Å². The molecule has 0 atom stereocenters. The van der Waals surface area contributed by atoms with E-state index in [-0.39, 0.29) is 31.2 Å². The van der Waals surface area contributed by atoms with E-state index in [0.717, 1.165) is 5.56 Å². The molecule has 0 aliphatic carbocycles. The Morgan fingerprint density at radius 2 is 1.92 bits per heavy atom. The molecule has 1 aliphatic rings. The smallest absolute Gasteiger partial charge is 0.481 e. The molecule has 1 aromatic rings. The van der Waals surface area contributed by atoms with E-state index in [4.69, 9.17) is 9.76 Å². The first-order chi connectivity index (χ1) is 12.0. The summed E-state index contributed by atoms with van der Waals surface area (Å²) in [5.74, 6) is -1.39. The van der Waals surface area contributed by atoms with Crippen molar-refractivity contribution in [3.63, 3.8) is 0 Å². The van der Waals surface area contributed by atoms with E-state index in [1.807, 2.05) is 0 Å². The zero-order valence-electron chi connectivity index (χ0n) is 13.8. The van der Waals surface area contributed by atoms with Gasteiger partial charge in [-0.05, 0) is 36.0 Å². The molecule has 8 nitrogen and oxygen atoms in total. The summed E-state index contributed by atoms with van der Waals surface area (Å²) in [7, 11) is -0.984. The minimum absolute atomic E-state index is 0.0949. The van der Waals surface area contributed by atoms with Crippen LogP contribution in [0, 0.1) is 0 Å². The number of carbonyl (C=O) groups is 3. The first-order valence-corrected chi connectivity index (χ1v) is 8.16. The molecule has 0 aromatic heterocycles. The van der Waals surface area contributed by atoms with Gasteiger partial charge in [-0.15, -0.1) is 0 Å². The molecule has 2 amide bonds. The van der Waals surface area contributed by atoms with E-state index < -0.39 is 13.1 Å². The van der Waals surface area contributed by atoms with Crippen molar-refractivity contribution in [1.29, 1.82) is 0 Å². The highest BCUT2D eigenvalue weighted by Gasteiger charge is 2.27. The Hall–Kier alpha value is -2.39. The molecular formula is C16H21BN2O6. The fourth-order valence-electron chi connectivity index (χ4n) is 2.47. The number of unbranched alkanes of at least 4 members (excludes halogenated alkanes) is 1. The second-order valence-corrected chi connectivity index (χ2v) is 5.78. The van der Waals surface area contributed by atoms with Gasteiger partial charge in [-0.1, -0.05) is 6.07 Å². The van der Waals surface area contributed by atoms with Gasteiger partial charge >= 0.3 is 13.1 Å². The lowest BCUT2D eigenvalue weighted by Gasteiger charge is -2.07. The van der Waals surface area contributed by atoms with Crippen LogP contribution >= 0.6 is 0 Å². The number of carbonyl (C=O) groups excluding carboxylic acids is 2. The van der Waals surface area contributed by atoms with Crippen LogP contribution < -0.4 is 16.1 Å². The van der Waals surface area contributed by atoms with Gasteiger partial charge < -0.3 is 25.4 Å². The summed E-state index contributed by atoms with van der Waals surface area (Å²) in [6, 6.07) is 5.08. The topological polar surface area (TPSA) is 125 Å². The Morgan fingerprint density at radius 1 is 1.12 bits per heavy atom. The number of aliphatic carboxylic acids is 1. The zero-order valence-corrected chi connectivity index (χ0v) is 13.8. The van der Waals surface area contributed by atoms with E-state index in [2.05, 4.69) is 10.6 Å². The summed E-state index contributed by atoms with van der Waals surface area (Å²) >= 11 is 0. The van der Waals surface area contributed by atoms with Crippen molar-refractivity contribution in [2.24, 2.45) is 0 Å². The number of amides is 2. The minimum atomic E-state index is -0.984. The van der Waals surface area contributed by atoms with E-state index in [1.165, 1.54) is 0 Å². The molecular weight excluding hydrogens is 327 g/mol. The molecule has 1 aliphatic heterocycles. The third-order valence-electron chi connectivity index (χ3n) is 3.85. The lowest BCUT2D eigenvalue weighted by atomic mass is 9.79. The number of rotatable bonds is 9. The molecule has 0 unspecified atom stereocenters. The highest BCUT2D eigenvalue weighted by Crippen LogP contribution is 2.11. The summed E-state index contributed by atoms with van der Waals surface area (Å²) in [6.07, 6.45) is 1.42. The first-order valence-electron chi connectivity index (χ1n) is 8.16. The second-order valence-electron chi connectivity index (χ2n) is 5.78. The van der Waals surface area contributed by atoms with Crippen LogP contribution in [0.5, 0.6) is 0 Å². The van der Waals surface area contributed by atoms with Crippen molar-refractivity contribution in [1.82, 2.24) is 10.6 Å². The van der Waals surface area contributed by atoms with Gasteiger partial charge in [0.1, 0.15) is 0 Å². The summed E-state index contributed by atoms with van der Waals surface area (Å²) in [4.78, 5) is 33.9. The van der Waals surface area contributed by atoms with E-state index in [9.17, 15) is 19.4 Å². The number of hydrogen-bond acceptors (Lipinski definition) is 5. The van der Waals surface area contributed by atoms with Gasteiger partial charge in [0, 0.05) is 25.1 Å². The number of nitrogens with one attached hydrogen (secondary N) is 2. The first kappa shape index (κ1) is 18.9. The Kier molecular flexibility index (Phi) is 6.97. The van der Waals surface area contributed by atoms with Crippen LogP contribution in [0.15, 0.2) is 18.2 Å². The number of carboxylic acid groups (broad SMARTS) is 1. The van der Waals surface area contributed by atoms with Gasteiger partial charge in [-0.2, -0.15) is 0 Å². The molecule has 4 N–H and O–H groups in total. The third-order valence-corrected chi connectivity index (χ3v) is 3.85. The van der Waals surface area contributed by atoms with Crippen molar-refractivity contribution >= 4 is 30.4 Å². The van der Waals surface area contributed by atoms with Crippen molar-refractivity contribution < 1.29 is 29.2 Å². The molecule has 2 rings (SSSR count). The van der Waals surface area contributed by atoms with Crippen molar-refractivity contribution in [2.45, 2.75) is 32.3 Å². The summed E-state index contributed by atoms with van der Waals surface area (Å²) in [6.45, 7) is 0.892. The second kappa shape index (κ2) is 9.19. The number of hydrogen-bond donors (Lipinski definition) is 4. The summed E-state index contributed by atoms with van der Waals surface area (Å²) in [5.41, 5.74) is 1.94. The van der Waals surface area contributed by atoms with Crippen LogP contribution in [0.3, 0.4) is 0 Å². The number of fused-ring (bicyclic) bond motifs is 1. The Balaban J connectivity index is 1.64. The minimum Gasteiger partial charge on any atom is -0.481 e. The predicted octanol–water partition coefficient (Wildman–Crippen LogP) is -0.605. The Morgan fingerprint density at radius 3 is 2.68 bits per heavy atom. The quantitative estimate of drug-likeness (QED) is 0.349. The third kappa shape index (κ3) is 5.88. The highest BCUT2D eigenvalue weighted by atomic mass is 16.5. The monoisotopic (exact) mass is 348 g/mol. The molecule has 0 radical (unpaired) electrons. The van der Waals surface area contributed by atoms with Crippen molar-refractivity contribution in [3.8, 4) is 0 Å². The molecule has 1 aromatic carbocycles. The maximum absolute atomic E-state index is 12.1.